The number of ketones is 1. The van der Waals surface area contributed by atoms with Crippen molar-refractivity contribution >= 4 is 40.8 Å². The van der Waals surface area contributed by atoms with Crippen LogP contribution in [0.25, 0.3) is 0 Å². The maximum absolute atomic E-state index is 16.1. The highest BCUT2D eigenvalue weighted by Gasteiger charge is 2.54. The van der Waals surface area contributed by atoms with Gasteiger partial charge in [0.05, 0.1) is 21.2 Å². The smallest absolute Gasteiger partial charge is 0.262 e. The third-order valence-electron chi connectivity index (χ3n) is 5.46. The van der Waals surface area contributed by atoms with Gasteiger partial charge < -0.3 is 5.32 Å². The van der Waals surface area contributed by atoms with Crippen LogP contribution in [-0.2, 0) is 0 Å². The van der Waals surface area contributed by atoms with E-state index in [1.165, 1.54) is 30.3 Å². The first-order chi connectivity index (χ1) is 13.8. The highest BCUT2D eigenvalue weighted by molar-refractivity contribution is 6.42. The van der Waals surface area contributed by atoms with E-state index < -0.39 is 29.3 Å². The standard InChI is InChI=1S/C21H17Cl2FN2O3/c22-15-6-5-12(11-16(15)23)17(27)18(21(24)7-9-25-10-8-21)26-19(28)13-3-1-2-4-14(13)20(26)29/h1-6,11,18,25H,7-10H2. The number of carbonyl (C=O) groups excluding carboxylic acids is 3. The van der Waals surface area contributed by atoms with E-state index in [9.17, 15) is 14.4 Å². The van der Waals surface area contributed by atoms with Gasteiger partial charge in [-0.3, -0.25) is 19.3 Å². The third kappa shape index (κ3) is 3.35. The molecule has 0 aromatic heterocycles. The summed E-state index contributed by atoms with van der Waals surface area (Å²) in [6, 6.07) is 8.86. The average molecular weight is 435 g/mol. The number of piperidine rings is 1. The van der Waals surface area contributed by atoms with Crippen LogP contribution in [0.3, 0.4) is 0 Å². The molecule has 0 saturated carbocycles. The molecule has 1 unspecified atom stereocenters. The summed E-state index contributed by atoms with van der Waals surface area (Å²) in [6.07, 6.45) is -0.00370. The highest BCUT2D eigenvalue weighted by Crippen LogP contribution is 2.37. The summed E-state index contributed by atoms with van der Waals surface area (Å²) in [4.78, 5) is 40.2. The summed E-state index contributed by atoms with van der Waals surface area (Å²) in [5.41, 5.74) is -1.62. The van der Waals surface area contributed by atoms with Crippen LogP contribution in [0.4, 0.5) is 4.39 Å². The van der Waals surface area contributed by atoms with Crippen LogP contribution in [0.15, 0.2) is 42.5 Å². The number of alkyl halides is 1. The molecular weight excluding hydrogens is 418 g/mol. The summed E-state index contributed by atoms with van der Waals surface area (Å²) in [5.74, 6) is -2.01. The fraction of sp³-hybridized carbons (Fsp3) is 0.286. The van der Waals surface area contributed by atoms with E-state index in [-0.39, 0.29) is 39.6 Å². The van der Waals surface area contributed by atoms with Gasteiger partial charge in [-0.2, -0.15) is 0 Å². The Morgan fingerprint density at radius 1 is 1.00 bits per heavy atom. The Kier molecular flexibility index (Phi) is 5.19. The Balaban J connectivity index is 1.81. The van der Waals surface area contributed by atoms with Gasteiger partial charge in [-0.1, -0.05) is 35.3 Å². The minimum atomic E-state index is -2.05. The maximum Gasteiger partial charge on any atom is 0.262 e. The van der Waals surface area contributed by atoms with E-state index >= 15 is 4.39 Å². The fourth-order valence-corrected chi connectivity index (χ4v) is 4.25. The molecule has 0 bridgehead atoms. The Bertz CT molecular complexity index is 986. The van der Waals surface area contributed by atoms with Crippen LogP contribution in [0.5, 0.6) is 0 Å². The predicted octanol–water partition coefficient (Wildman–Crippen LogP) is 3.93. The first-order valence-electron chi connectivity index (χ1n) is 9.19. The van der Waals surface area contributed by atoms with Crippen molar-refractivity contribution in [3.05, 3.63) is 69.2 Å². The minimum Gasteiger partial charge on any atom is -0.316 e. The molecule has 150 valence electrons. The van der Waals surface area contributed by atoms with E-state index in [4.69, 9.17) is 23.2 Å². The minimum absolute atomic E-state index is 0.00185. The van der Waals surface area contributed by atoms with Gasteiger partial charge in [0.2, 0.25) is 0 Å². The molecule has 1 N–H and O–H groups in total. The van der Waals surface area contributed by atoms with E-state index in [0.29, 0.717) is 13.1 Å². The molecule has 2 aliphatic rings. The number of rotatable bonds is 4. The molecule has 1 atom stereocenters. The van der Waals surface area contributed by atoms with Gasteiger partial charge in [-0.05, 0) is 56.3 Å². The molecule has 2 amide bonds. The van der Waals surface area contributed by atoms with Crippen LogP contribution >= 0.6 is 23.2 Å². The molecular formula is C21H17Cl2FN2O3. The van der Waals surface area contributed by atoms with Gasteiger partial charge in [-0.25, -0.2) is 4.39 Å². The van der Waals surface area contributed by atoms with Crippen molar-refractivity contribution in [2.45, 2.75) is 24.6 Å². The van der Waals surface area contributed by atoms with Gasteiger partial charge in [0.15, 0.2) is 5.78 Å². The van der Waals surface area contributed by atoms with Crippen LogP contribution in [0, 0.1) is 0 Å². The van der Waals surface area contributed by atoms with Crippen molar-refractivity contribution in [3.63, 3.8) is 0 Å². The zero-order chi connectivity index (χ0) is 20.8. The molecule has 0 spiro atoms. The predicted molar refractivity (Wildman–Crippen MR) is 107 cm³/mol. The number of benzene rings is 2. The van der Waals surface area contributed by atoms with Crippen LogP contribution < -0.4 is 5.32 Å². The van der Waals surface area contributed by atoms with Crippen LogP contribution in [0.1, 0.15) is 43.9 Å². The molecule has 2 aliphatic heterocycles. The highest BCUT2D eigenvalue weighted by atomic mass is 35.5. The zero-order valence-electron chi connectivity index (χ0n) is 15.3. The molecule has 1 saturated heterocycles. The van der Waals surface area contributed by atoms with Gasteiger partial charge in [0.1, 0.15) is 11.7 Å². The molecule has 29 heavy (non-hydrogen) atoms. The summed E-state index contributed by atoms with van der Waals surface area (Å²) in [7, 11) is 0. The Hall–Kier alpha value is -2.28. The van der Waals surface area contributed by atoms with Gasteiger partial charge in [-0.15, -0.1) is 0 Å². The second-order valence-corrected chi connectivity index (χ2v) is 8.02. The maximum atomic E-state index is 16.1. The molecule has 5 nitrogen and oxygen atoms in total. The molecule has 8 heteroatoms. The molecule has 4 rings (SSSR count). The van der Waals surface area contributed by atoms with Crippen LogP contribution in [-0.4, -0.2) is 47.3 Å². The fourth-order valence-electron chi connectivity index (χ4n) is 3.95. The second kappa shape index (κ2) is 7.52. The number of nitrogens with one attached hydrogen (secondary N) is 1. The molecule has 0 aliphatic carbocycles. The number of hydrogen-bond acceptors (Lipinski definition) is 4. The quantitative estimate of drug-likeness (QED) is 0.584. The summed E-state index contributed by atoms with van der Waals surface area (Å²) < 4.78 is 16.1. The Morgan fingerprint density at radius 2 is 1.59 bits per heavy atom. The molecule has 2 heterocycles. The van der Waals surface area contributed by atoms with Crippen molar-refractivity contribution < 1.29 is 18.8 Å². The van der Waals surface area contributed by atoms with Crippen molar-refractivity contribution in [3.8, 4) is 0 Å². The molecule has 1 fully saturated rings. The third-order valence-corrected chi connectivity index (χ3v) is 6.20. The Labute approximate surface area is 176 Å². The molecule has 2 aromatic rings. The average Bonchev–Trinajstić information content (AvgIpc) is 2.96. The van der Waals surface area contributed by atoms with Gasteiger partial charge >= 0.3 is 0 Å². The van der Waals surface area contributed by atoms with E-state index in [0.717, 1.165) is 4.90 Å². The monoisotopic (exact) mass is 434 g/mol. The van der Waals surface area contributed by atoms with Crippen molar-refractivity contribution in [2.75, 3.05) is 13.1 Å². The summed E-state index contributed by atoms with van der Waals surface area (Å²) >= 11 is 12.0. The lowest BCUT2D eigenvalue weighted by Crippen LogP contribution is -2.59. The Morgan fingerprint density at radius 3 is 2.14 bits per heavy atom. The van der Waals surface area contributed by atoms with Crippen molar-refractivity contribution in [2.24, 2.45) is 0 Å². The first kappa shape index (κ1) is 20.0. The normalized spacial score (nSPS) is 19.2. The van der Waals surface area contributed by atoms with Crippen LogP contribution in [0.2, 0.25) is 10.0 Å². The number of carbonyl (C=O) groups is 3. The van der Waals surface area contributed by atoms with Gasteiger partial charge in [0.25, 0.3) is 11.8 Å². The van der Waals surface area contributed by atoms with Gasteiger partial charge in [0, 0.05) is 5.56 Å². The van der Waals surface area contributed by atoms with Crippen molar-refractivity contribution in [1.82, 2.24) is 10.2 Å². The largest absolute Gasteiger partial charge is 0.316 e. The summed E-state index contributed by atoms with van der Waals surface area (Å²) in [6.45, 7) is 0.676. The lowest BCUT2D eigenvalue weighted by molar-refractivity contribution is 0.0104. The van der Waals surface area contributed by atoms with E-state index in [1.807, 2.05) is 0 Å². The molecule has 0 radical (unpaired) electrons. The molecule has 2 aromatic carbocycles. The number of halogens is 3. The van der Waals surface area contributed by atoms with Crippen molar-refractivity contribution in [1.29, 1.82) is 0 Å². The van der Waals surface area contributed by atoms with E-state index in [2.05, 4.69) is 5.32 Å². The summed E-state index contributed by atoms with van der Waals surface area (Å²) in [5, 5.41) is 3.43. The first-order valence-corrected chi connectivity index (χ1v) is 9.95. The zero-order valence-corrected chi connectivity index (χ0v) is 16.8. The second-order valence-electron chi connectivity index (χ2n) is 7.21. The number of hydrogen-bond donors (Lipinski definition) is 1. The number of Topliss-reactive ketones (excluding diaryl/α,β-unsaturated/α-hetero) is 1. The topological polar surface area (TPSA) is 66.5 Å². The number of imide groups is 1. The SMILES string of the molecule is O=C(c1ccc(Cl)c(Cl)c1)C(N1C(=O)c2ccccc2C1=O)C1(F)CCNCC1. The van der Waals surface area contributed by atoms with E-state index in [1.54, 1.807) is 12.1 Å². The number of amides is 2. The number of fused-ring (bicyclic) bond motifs is 1. The number of nitrogens with zero attached hydrogens (tertiary/aromatic N) is 1. The lowest BCUT2D eigenvalue weighted by Gasteiger charge is -2.40. The lowest BCUT2D eigenvalue weighted by atomic mass is 9.81.